The lowest BCUT2D eigenvalue weighted by atomic mass is 9.92. The number of hydrogen-bond donors (Lipinski definition) is 1. The third-order valence-electron chi connectivity index (χ3n) is 11.8. The van der Waals surface area contributed by atoms with E-state index in [0.717, 1.165) is 67.0 Å². The van der Waals surface area contributed by atoms with Crippen LogP contribution in [0.2, 0.25) is 5.02 Å². The standard InChI is InChI=1S/C45H45ClN4O6/c1-29-7-6-10-39(46)38(29)27-50(32-12-14-34(51)15-13-32)45(53)37-22-41(48-16-5-4-11-40(37)48)35-23-42-43(56-28-55-42)24-36(35)44(52)49-25-31-9-3-2-8-30(31)21-33(49)26-47-17-19-54-20-18-47/h2-3,6-10,12-15,22-24,33,51H,4-5,11,16-21,25-28H2,1H3/t33-/m0/s1. The van der Waals surface area contributed by atoms with Crippen LogP contribution in [-0.2, 0) is 37.2 Å². The Labute approximate surface area is 331 Å². The van der Waals surface area contributed by atoms with Gasteiger partial charge < -0.3 is 33.7 Å². The van der Waals surface area contributed by atoms with Gasteiger partial charge in [0.1, 0.15) is 5.75 Å². The Morgan fingerprint density at radius 2 is 1.64 bits per heavy atom. The molecule has 11 heteroatoms. The summed E-state index contributed by atoms with van der Waals surface area (Å²) < 4.78 is 19.7. The van der Waals surface area contributed by atoms with Gasteiger partial charge in [0.2, 0.25) is 6.79 Å². The number of carbonyl (C=O) groups excluding carboxylic acids is 2. The number of carbonyl (C=O) groups is 2. The minimum absolute atomic E-state index is 0.0423. The molecule has 4 aromatic carbocycles. The Bertz CT molecular complexity index is 2280. The number of phenolic OH excluding ortho intramolecular Hbond substituents is 1. The van der Waals surface area contributed by atoms with Crippen LogP contribution in [0.4, 0.5) is 5.69 Å². The Kier molecular flexibility index (Phi) is 9.95. The smallest absolute Gasteiger partial charge is 0.260 e. The van der Waals surface area contributed by atoms with E-state index in [-0.39, 0.29) is 36.9 Å². The molecule has 1 atom stereocenters. The molecular formula is C45H45ClN4O6. The van der Waals surface area contributed by atoms with Crippen molar-refractivity contribution < 1.29 is 28.9 Å². The van der Waals surface area contributed by atoms with Crippen LogP contribution in [0.1, 0.15) is 61.5 Å². The summed E-state index contributed by atoms with van der Waals surface area (Å²) >= 11 is 6.74. The van der Waals surface area contributed by atoms with Crippen LogP contribution < -0.4 is 14.4 Å². The van der Waals surface area contributed by atoms with Crippen molar-refractivity contribution in [1.29, 1.82) is 0 Å². The van der Waals surface area contributed by atoms with Crippen molar-refractivity contribution in [3.8, 4) is 28.5 Å². The molecule has 56 heavy (non-hydrogen) atoms. The van der Waals surface area contributed by atoms with Gasteiger partial charge in [-0.25, -0.2) is 0 Å². The van der Waals surface area contributed by atoms with E-state index in [1.54, 1.807) is 29.2 Å². The highest BCUT2D eigenvalue weighted by molar-refractivity contribution is 6.31. The molecule has 0 unspecified atom stereocenters. The first-order valence-corrected chi connectivity index (χ1v) is 19.9. The van der Waals surface area contributed by atoms with Gasteiger partial charge in [0, 0.05) is 66.4 Å². The number of aryl methyl sites for hydroxylation is 1. The number of aromatic nitrogens is 1. The van der Waals surface area contributed by atoms with Gasteiger partial charge >= 0.3 is 0 Å². The number of aromatic hydroxyl groups is 1. The highest BCUT2D eigenvalue weighted by Gasteiger charge is 2.36. The number of rotatable bonds is 8. The lowest BCUT2D eigenvalue weighted by molar-refractivity contribution is 0.0193. The monoisotopic (exact) mass is 772 g/mol. The maximum Gasteiger partial charge on any atom is 0.260 e. The third-order valence-corrected chi connectivity index (χ3v) is 12.1. The van der Waals surface area contributed by atoms with Crippen LogP contribution in [0.25, 0.3) is 11.3 Å². The van der Waals surface area contributed by atoms with Crippen LogP contribution in [0.15, 0.2) is 84.9 Å². The quantitative estimate of drug-likeness (QED) is 0.173. The molecule has 1 saturated heterocycles. The van der Waals surface area contributed by atoms with Crippen molar-refractivity contribution in [3.63, 3.8) is 0 Å². The number of benzene rings is 4. The van der Waals surface area contributed by atoms with Gasteiger partial charge in [-0.1, -0.05) is 48.0 Å². The fourth-order valence-electron chi connectivity index (χ4n) is 8.72. The fraction of sp³-hybridized carbons (Fsp3) is 0.333. The third kappa shape index (κ3) is 6.91. The number of anilines is 1. The van der Waals surface area contributed by atoms with Gasteiger partial charge in [-0.05, 0) is 103 Å². The van der Waals surface area contributed by atoms with Gasteiger partial charge in [-0.15, -0.1) is 0 Å². The van der Waals surface area contributed by atoms with Crippen molar-refractivity contribution in [2.45, 2.75) is 58.3 Å². The molecule has 288 valence electrons. The fourth-order valence-corrected chi connectivity index (χ4v) is 9.00. The summed E-state index contributed by atoms with van der Waals surface area (Å²) in [6.07, 6.45) is 3.36. The van der Waals surface area contributed by atoms with Gasteiger partial charge in [-0.3, -0.25) is 14.5 Å². The van der Waals surface area contributed by atoms with E-state index in [1.165, 1.54) is 5.56 Å². The molecule has 0 bridgehead atoms. The van der Waals surface area contributed by atoms with Crippen molar-refractivity contribution >= 4 is 29.1 Å². The molecule has 2 amide bonds. The molecule has 10 nitrogen and oxygen atoms in total. The zero-order valence-corrected chi connectivity index (χ0v) is 32.3. The molecule has 0 saturated carbocycles. The number of morpholine rings is 1. The molecule has 1 N–H and O–H groups in total. The first-order valence-electron chi connectivity index (χ1n) is 19.5. The number of hydrogen-bond acceptors (Lipinski definition) is 7. The Hall–Kier alpha value is -5.29. The Morgan fingerprint density at radius 1 is 0.875 bits per heavy atom. The summed E-state index contributed by atoms with van der Waals surface area (Å²) in [7, 11) is 0. The maximum atomic E-state index is 15.2. The Balaban J connectivity index is 1.14. The zero-order valence-electron chi connectivity index (χ0n) is 31.5. The lowest BCUT2D eigenvalue weighted by Gasteiger charge is -2.40. The highest BCUT2D eigenvalue weighted by atomic mass is 35.5. The second-order valence-corrected chi connectivity index (χ2v) is 15.6. The van der Waals surface area contributed by atoms with Gasteiger partial charge in [0.15, 0.2) is 11.5 Å². The molecule has 4 aliphatic rings. The summed E-state index contributed by atoms with van der Waals surface area (Å²) in [6, 6.07) is 26.5. The minimum Gasteiger partial charge on any atom is -0.508 e. The van der Waals surface area contributed by atoms with Crippen molar-refractivity contribution in [2.75, 3.05) is 44.5 Å². The molecule has 1 fully saturated rings. The number of nitrogens with zero attached hydrogens (tertiary/aromatic N) is 4. The second-order valence-electron chi connectivity index (χ2n) is 15.2. The number of ether oxygens (including phenoxy) is 3. The topological polar surface area (TPSA) is 96.7 Å². The molecule has 0 radical (unpaired) electrons. The largest absolute Gasteiger partial charge is 0.508 e. The van der Waals surface area contributed by atoms with Crippen LogP contribution >= 0.6 is 11.6 Å². The highest BCUT2D eigenvalue weighted by Crippen LogP contribution is 2.43. The predicted octanol–water partition coefficient (Wildman–Crippen LogP) is 7.63. The van der Waals surface area contributed by atoms with E-state index in [0.29, 0.717) is 71.6 Å². The van der Waals surface area contributed by atoms with Gasteiger partial charge in [0.05, 0.1) is 30.9 Å². The zero-order chi connectivity index (χ0) is 38.3. The molecule has 0 aliphatic carbocycles. The summed E-state index contributed by atoms with van der Waals surface area (Å²) in [4.78, 5) is 36.4. The van der Waals surface area contributed by atoms with Crippen molar-refractivity contribution in [3.05, 3.63) is 129 Å². The number of amides is 2. The van der Waals surface area contributed by atoms with Crippen LogP contribution in [-0.4, -0.2) is 77.0 Å². The first kappa shape index (κ1) is 36.4. The molecule has 5 heterocycles. The average molecular weight is 773 g/mol. The molecule has 5 aromatic rings. The molecule has 0 spiro atoms. The average Bonchev–Trinajstić information content (AvgIpc) is 3.85. The Morgan fingerprint density at radius 3 is 2.43 bits per heavy atom. The molecule has 4 aliphatic heterocycles. The molecule has 1 aromatic heterocycles. The SMILES string of the molecule is Cc1cccc(Cl)c1CN(C(=O)c1cc(-c2cc3c(cc2C(=O)N2Cc4ccccc4C[C@H]2CN2CCOCC2)OCO3)n2c1CCCC2)c1ccc(O)cc1. The van der Waals surface area contributed by atoms with E-state index in [9.17, 15) is 5.11 Å². The second kappa shape index (κ2) is 15.3. The van der Waals surface area contributed by atoms with Gasteiger partial charge in [0.25, 0.3) is 11.8 Å². The van der Waals surface area contributed by atoms with Crippen molar-refractivity contribution in [1.82, 2.24) is 14.4 Å². The number of phenols is 1. The summed E-state index contributed by atoms with van der Waals surface area (Å²) in [5.41, 5.74) is 8.43. The maximum absolute atomic E-state index is 15.2. The lowest BCUT2D eigenvalue weighted by Crippen LogP contribution is -2.52. The summed E-state index contributed by atoms with van der Waals surface area (Å²) in [6.45, 7) is 7.30. The summed E-state index contributed by atoms with van der Waals surface area (Å²) in [5, 5.41) is 10.7. The molecular weight excluding hydrogens is 728 g/mol. The predicted molar refractivity (Wildman–Crippen MR) is 215 cm³/mol. The van der Waals surface area contributed by atoms with Crippen molar-refractivity contribution in [2.24, 2.45) is 0 Å². The summed E-state index contributed by atoms with van der Waals surface area (Å²) in [5.74, 6) is 0.964. The van der Waals surface area contributed by atoms with Crippen LogP contribution in [0.5, 0.6) is 17.2 Å². The van der Waals surface area contributed by atoms with E-state index in [1.807, 2.05) is 54.3 Å². The first-order chi connectivity index (χ1) is 27.3. The van der Waals surface area contributed by atoms with E-state index in [4.69, 9.17) is 25.8 Å². The number of fused-ring (bicyclic) bond motifs is 3. The van der Waals surface area contributed by atoms with E-state index in [2.05, 4.69) is 27.7 Å². The normalized spacial score (nSPS) is 17.7. The van der Waals surface area contributed by atoms with E-state index >= 15 is 9.59 Å². The van der Waals surface area contributed by atoms with Crippen LogP contribution in [0, 0.1) is 6.92 Å². The van der Waals surface area contributed by atoms with E-state index < -0.39 is 0 Å². The van der Waals surface area contributed by atoms with Crippen LogP contribution in [0.3, 0.4) is 0 Å². The minimum atomic E-state index is -0.182. The number of halogens is 1. The molecule has 9 rings (SSSR count). The van der Waals surface area contributed by atoms with Gasteiger partial charge in [-0.2, -0.15) is 0 Å².